The molecule has 4 heterocycles. The van der Waals surface area contributed by atoms with Crippen molar-refractivity contribution in [2.75, 3.05) is 23.7 Å². The highest BCUT2D eigenvalue weighted by Crippen LogP contribution is 2.26. The summed E-state index contributed by atoms with van der Waals surface area (Å²) in [5.41, 5.74) is 8.77. The minimum Gasteiger partial charge on any atom is -0.382 e. The molecule has 1 aliphatic heterocycles. The summed E-state index contributed by atoms with van der Waals surface area (Å²) in [6.07, 6.45) is 4.08. The van der Waals surface area contributed by atoms with Gasteiger partial charge >= 0.3 is 0 Å². The zero-order valence-electron chi connectivity index (χ0n) is 16.1. The van der Waals surface area contributed by atoms with E-state index in [1.807, 2.05) is 24.3 Å². The standard InChI is InChI=1S/C21H20N8O/c22-19-18(20-26-14-5-1-2-6-15(14)27-20)28-17(11-24-19)29-10-8-13(12-29)25-21(30)16-7-3-4-9-23-16/h1-7,9,11,13H,8,10,12H2,(H2,22,24)(H,25,30)(H,26,27)/t13-/m0/s1. The van der Waals surface area contributed by atoms with Gasteiger partial charge in [0.2, 0.25) is 0 Å². The smallest absolute Gasteiger partial charge is 0.270 e. The monoisotopic (exact) mass is 400 g/mol. The number of fused-ring (bicyclic) bond motifs is 1. The molecule has 1 aliphatic rings. The predicted molar refractivity (Wildman–Crippen MR) is 114 cm³/mol. The molecule has 1 aromatic carbocycles. The molecule has 4 aromatic rings. The lowest BCUT2D eigenvalue weighted by Gasteiger charge is -2.18. The molecular weight excluding hydrogens is 380 g/mol. The van der Waals surface area contributed by atoms with E-state index in [9.17, 15) is 4.79 Å². The number of benzene rings is 1. The normalized spacial score (nSPS) is 16.1. The van der Waals surface area contributed by atoms with Crippen LogP contribution in [-0.2, 0) is 0 Å². The van der Waals surface area contributed by atoms with Gasteiger partial charge in [-0.2, -0.15) is 0 Å². The van der Waals surface area contributed by atoms with Crippen LogP contribution in [0.2, 0.25) is 0 Å². The van der Waals surface area contributed by atoms with Gasteiger partial charge in [-0.3, -0.25) is 9.78 Å². The highest BCUT2D eigenvalue weighted by atomic mass is 16.1. The van der Waals surface area contributed by atoms with E-state index in [0.29, 0.717) is 35.4 Å². The number of carbonyl (C=O) groups excluding carboxylic acids is 1. The quantitative estimate of drug-likeness (QED) is 0.478. The number of H-pyrrole nitrogens is 1. The first-order valence-electron chi connectivity index (χ1n) is 9.72. The minimum atomic E-state index is -0.172. The van der Waals surface area contributed by atoms with Crippen molar-refractivity contribution < 1.29 is 4.79 Å². The van der Waals surface area contributed by atoms with Crippen LogP contribution in [0.3, 0.4) is 0 Å². The van der Waals surface area contributed by atoms with Crippen LogP contribution >= 0.6 is 0 Å². The lowest BCUT2D eigenvalue weighted by atomic mass is 10.2. The predicted octanol–water partition coefficient (Wildman–Crippen LogP) is 2.01. The summed E-state index contributed by atoms with van der Waals surface area (Å²) in [7, 11) is 0. The molecule has 9 heteroatoms. The van der Waals surface area contributed by atoms with Crippen molar-refractivity contribution in [3.05, 3.63) is 60.6 Å². The second-order valence-corrected chi connectivity index (χ2v) is 7.18. The Bertz CT molecular complexity index is 1170. The summed E-state index contributed by atoms with van der Waals surface area (Å²) in [5.74, 6) is 1.43. The van der Waals surface area contributed by atoms with Gasteiger partial charge in [-0.05, 0) is 30.7 Å². The van der Waals surface area contributed by atoms with Gasteiger partial charge in [-0.1, -0.05) is 18.2 Å². The number of nitrogen functional groups attached to an aromatic ring is 1. The number of nitrogens with two attached hydrogens (primary N) is 1. The minimum absolute atomic E-state index is 0.00788. The van der Waals surface area contributed by atoms with Crippen molar-refractivity contribution in [1.29, 1.82) is 0 Å². The van der Waals surface area contributed by atoms with E-state index < -0.39 is 0 Å². The molecule has 1 saturated heterocycles. The topological polar surface area (TPSA) is 126 Å². The average molecular weight is 400 g/mol. The van der Waals surface area contributed by atoms with Gasteiger partial charge in [-0.15, -0.1) is 0 Å². The van der Waals surface area contributed by atoms with E-state index in [1.54, 1.807) is 30.6 Å². The number of rotatable bonds is 4. The molecule has 0 radical (unpaired) electrons. The lowest BCUT2D eigenvalue weighted by molar-refractivity contribution is 0.0935. The van der Waals surface area contributed by atoms with Gasteiger partial charge in [0.05, 0.1) is 17.2 Å². The fourth-order valence-electron chi connectivity index (χ4n) is 3.62. The van der Waals surface area contributed by atoms with Gasteiger partial charge in [-0.25, -0.2) is 15.0 Å². The molecule has 0 saturated carbocycles. The maximum absolute atomic E-state index is 12.4. The first-order chi connectivity index (χ1) is 14.7. The molecule has 0 bridgehead atoms. The van der Waals surface area contributed by atoms with Crippen molar-refractivity contribution in [3.63, 3.8) is 0 Å². The lowest BCUT2D eigenvalue weighted by Crippen LogP contribution is -2.37. The molecule has 150 valence electrons. The summed E-state index contributed by atoms with van der Waals surface area (Å²) >= 11 is 0. The second-order valence-electron chi connectivity index (χ2n) is 7.18. The summed E-state index contributed by atoms with van der Waals surface area (Å²) in [4.78, 5) is 35.4. The Kier molecular flexibility index (Phi) is 4.47. The van der Waals surface area contributed by atoms with Crippen LogP contribution in [0.4, 0.5) is 11.6 Å². The number of hydrogen-bond donors (Lipinski definition) is 3. The third kappa shape index (κ3) is 3.41. The van der Waals surface area contributed by atoms with Crippen LogP contribution in [0.1, 0.15) is 16.9 Å². The van der Waals surface area contributed by atoms with E-state index in [4.69, 9.17) is 10.7 Å². The van der Waals surface area contributed by atoms with Crippen LogP contribution in [0, 0.1) is 0 Å². The molecule has 1 fully saturated rings. The zero-order chi connectivity index (χ0) is 20.5. The van der Waals surface area contributed by atoms with Gasteiger partial charge in [0, 0.05) is 25.3 Å². The fourth-order valence-corrected chi connectivity index (χ4v) is 3.62. The molecule has 0 aliphatic carbocycles. The van der Waals surface area contributed by atoms with E-state index in [0.717, 1.165) is 24.0 Å². The van der Waals surface area contributed by atoms with Gasteiger partial charge < -0.3 is 20.9 Å². The number of pyridine rings is 1. The summed E-state index contributed by atoms with van der Waals surface area (Å²) < 4.78 is 0. The number of amides is 1. The van der Waals surface area contributed by atoms with E-state index in [-0.39, 0.29) is 11.9 Å². The van der Waals surface area contributed by atoms with Crippen LogP contribution in [0.25, 0.3) is 22.6 Å². The molecule has 3 aromatic heterocycles. The number of nitrogens with zero attached hydrogens (tertiary/aromatic N) is 5. The molecule has 0 spiro atoms. The van der Waals surface area contributed by atoms with Crippen LogP contribution in [-0.4, -0.2) is 50.0 Å². The highest BCUT2D eigenvalue weighted by molar-refractivity contribution is 5.92. The Morgan fingerprint density at radius 1 is 1.13 bits per heavy atom. The maximum atomic E-state index is 12.4. The summed E-state index contributed by atoms with van der Waals surface area (Å²) in [6.45, 7) is 1.39. The van der Waals surface area contributed by atoms with Crippen molar-refractivity contribution in [3.8, 4) is 11.5 Å². The van der Waals surface area contributed by atoms with Gasteiger partial charge in [0.15, 0.2) is 17.3 Å². The molecule has 0 unspecified atom stereocenters. The Morgan fingerprint density at radius 2 is 2.00 bits per heavy atom. The van der Waals surface area contributed by atoms with Crippen molar-refractivity contribution in [1.82, 2.24) is 30.2 Å². The molecule has 30 heavy (non-hydrogen) atoms. The number of aromatic amines is 1. The molecular formula is C21H20N8O. The number of carbonyl (C=O) groups is 1. The third-order valence-corrected chi connectivity index (χ3v) is 5.15. The Labute approximate surface area is 172 Å². The Hall–Kier alpha value is -4.01. The first kappa shape index (κ1) is 18.0. The zero-order valence-corrected chi connectivity index (χ0v) is 16.1. The number of para-hydroxylation sites is 2. The van der Waals surface area contributed by atoms with Gasteiger partial charge in [0.1, 0.15) is 11.5 Å². The third-order valence-electron chi connectivity index (χ3n) is 5.15. The SMILES string of the molecule is Nc1ncc(N2CC[C@H](NC(=O)c3ccccn3)C2)nc1-c1nc2ccccc2[nH]1. The van der Waals surface area contributed by atoms with Gasteiger partial charge in [0.25, 0.3) is 5.91 Å². The van der Waals surface area contributed by atoms with E-state index in [1.165, 1.54) is 0 Å². The van der Waals surface area contributed by atoms with Crippen molar-refractivity contribution in [2.24, 2.45) is 0 Å². The first-order valence-corrected chi connectivity index (χ1v) is 9.72. The second kappa shape index (κ2) is 7.43. The van der Waals surface area contributed by atoms with Crippen LogP contribution in [0.15, 0.2) is 54.9 Å². The molecule has 1 atom stereocenters. The number of aromatic nitrogens is 5. The largest absolute Gasteiger partial charge is 0.382 e. The average Bonchev–Trinajstić information content (AvgIpc) is 3.41. The fraction of sp³-hybridized carbons (Fsp3) is 0.190. The number of hydrogen-bond acceptors (Lipinski definition) is 7. The van der Waals surface area contributed by atoms with Crippen LogP contribution < -0.4 is 16.0 Å². The number of anilines is 2. The maximum Gasteiger partial charge on any atom is 0.270 e. The van der Waals surface area contributed by atoms with E-state index in [2.05, 4.69) is 30.2 Å². The van der Waals surface area contributed by atoms with Crippen molar-refractivity contribution in [2.45, 2.75) is 12.5 Å². The molecule has 4 N–H and O–H groups in total. The summed E-state index contributed by atoms with van der Waals surface area (Å²) in [5, 5.41) is 3.04. The Balaban J connectivity index is 1.34. The molecule has 5 rings (SSSR count). The van der Waals surface area contributed by atoms with E-state index >= 15 is 0 Å². The number of imidazole rings is 1. The Morgan fingerprint density at radius 3 is 2.83 bits per heavy atom. The highest BCUT2D eigenvalue weighted by Gasteiger charge is 2.26. The van der Waals surface area contributed by atoms with Crippen LogP contribution in [0.5, 0.6) is 0 Å². The molecule has 9 nitrogen and oxygen atoms in total. The van der Waals surface area contributed by atoms with Crippen molar-refractivity contribution >= 4 is 28.6 Å². The number of nitrogens with one attached hydrogen (secondary N) is 2. The summed E-state index contributed by atoms with van der Waals surface area (Å²) in [6, 6.07) is 13.1. The molecule has 1 amide bonds.